The summed E-state index contributed by atoms with van der Waals surface area (Å²) in [6.07, 6.45) is 10.7. The van der Waals surface area contributed by atoms with Crippen LogP contribution < -0.4 is 0 Å². The molecule has 24 aromatic rings. The maximum absolute atomic E-state index is 4.72. The summed E-state index contributed by atoms with van der Waals surface area (Å²) < 4.78 is 8.18. The van der Waals surface area contributed by atoms with Crippen molar-refractivity contribution in [1.29, 1.82) is 0 Å². The molecule has 9 heteroatoms. The van der Waals surface area contributed by atoms with Gasteiger partial charge in [-0.2, -0.15) is 0 Å². The van der Waals surface area contributed by atoms with Gasteiger partial charge in [-0.05, 0) is 242 Å². The lowest BCUT2D eigenvalue weighted by molar-refractivity contribution is 1.31. The van der Waals surface area contributed by atoms with Gasteiger partial charge >= 0.3 is 0 Å². The molecular weight excluding hydrogens is 1480 g/mol. The number of hydrogen-bond donors (Lipinski definition) is 0. The summed E-state index contributed by atoms with van der Waals surface area (Å²) >= 11 is 5.72. The first-order chi connectivity index (χ1) is 57.4. The predicted octanol–water partition coefficient (Wildman–Crippen LogP) is 30.8. The molecule has 0 N–H and O–H groups in total. The Morgan fingerprint density at radius 2 is 0.487 bits per heavy atom. The summed E-state index contributed by atoms with van der Waals surface area (Å²) in [4.78, 5) is 28.2. The topological polar surface area (TPSA) is 77.3 Å². The molecule has 117 heavy (non-hydrogen) atoms. The largest absolute Gasteiger partial charge is 0.252 e. The van der Waals surface area contributed by atoms with E-state index >= 15 is 0 Å². The van der Waals surface area contributed by atoms with Gasteiger partial charge in [0.1, 0.15) is 0 Å². The second-order valence-electron chi connectivity index (χ2n) is 31.2. The molecular formula is C108H72N6S3. The molecule has 18 aromatic carbocycles. The average molecular weight is 1550 g/mol. The molecule has 0 unspecified atom stereocenters. The van der Waals surface area contributed by atoms with Gasteiger partial charge in [0.15, 0.2) is 0 Å². The van der Waals surface area contributed by atoms with Crippen LogP contribution in [0.1, 0.15) is 33.4 Å². The van der Waals surface area contributed by atoms with Crippen molar-refractivity contribution < 1.29 is 0 Å². The van der Waals surface area contributed by atoms with E-state index in [1.807, 2.05) is 34.0 Å². The molecule has 0 atom stereocenters. The van der Waals surface area contributed by atoms with Crippen molar-refractivity contribution in [3.05, 3.63) is 362 Å². The van der Waals surface area contributed by atoms with E-state index in [-0.39, 0.29) is 0 Å². The van der Waals surface area contributed by atoms with Crippen LogP contribution in [0, 0.1) is 41.5 Å². The fourth-order valence-corrected chi connectivity index (χ4v) is 22.0. The van der Waals surface area contributed by atoms with Crippen LogP contribution in [-0.2, 0) is 0 Å². The lowest BCUT2D eigenvalue weighted by Crippen LogP contribution is -1.89. The molecule has 24 rings (SSSR count). The summed E-state index contributed by atoms with van der Waals surface area (Å²) in [7, 11) is 0. The zero-order valence-corrected chi connectivity index (χ0v) is 67.5. The first kappa shape index (κ1) is 69.9. The van der Waals surface area contributed by atoms with Gasteiger partial charge in [0.25, 0.3) is 0 Å². The minimum absolute atomic E-state index is 0.952. The zero-order valence-electron chi connectivity index (χ0n) is 65.1. The quantitative estimate of drug-likeness (QED) is 0.154. The summed E-state index contributed by atoms with van der Waals surface area (Å²) in [5.41, 5.74) is 28.5. The Bertz CT molecular complexity index is 8210. The Hall–Kier alpha value is -13.8. The Morgan fingerprint density at radius 3 is 0.940 bits per heavy atom. The molecule has 0 amide bonds. The van der Waals surface area contributed by atoms with Crippen molar-refractivity contribution in [1.82, 2.24) is 29.9 Å². The van der Waals surface area contributed by atoms with Gasteiger partial charge in [-0.3, -0.25) is 29.9 Å². The van der Waals surface area contributed by atoms with Crippen LogP contribution in [0.4, 0.5) is 0 Å². The highest BCUT2D eigenvalue weighted by atomic mass is 32.1. The van der Waals surface area contributed by atoms with Crippen LogP contribution in [0.3, 0.4) is 0 Å². The Morgan fingerprint density at radius 1 is 0.171 bits per heavy atom. The number of aromatic nitrogens is 6. The van der Waals surface area contributed by atoms with Gasteiger partial charge in [-0.1, -0.05) is 223 Å². The highest BCUT2D eigenvalue weighted by Crippen LogP contribution is 2.48. The molecule has 0 aliphatic rings. The van der Waals surface area contributed by atoms with Crippen LogP contribution >= 0.6 is 34.0 Å². The molecule has 0 radical (unpaired) electrons. The monoisotopic (exact) mass is 1550 g/mol. The number of fused-ring (bicyclic) bond motifs is 27. The summed E-state index contributed by atoms with van der Waals surface area (Å²) in [5, 5.41) is 22.2. The summed E-state index contributed by atoms with van der Waals surface area (Å²) in [6.45, 7) is 13.2. The molecule has 0 fully saturated rings. The molecule has 6 nitrogen and oxygen atoms in total. The number of rotatable bonds is 6. The summed E-state index contributed by atoms with van der Waals surface area (Å²) in [5.74, 6) is 0. The molecule has 0 aliphatic carbocycles. The van der Waals surface area contributed by atoms with E-state index in [0.717, 1.165) is 65.4 Å². The van der Waals surface area contributed by atoms with Crippen LogP contribution in [-0.4, -0.2) is 29.9 Å². The van der Waals surface area contributed by atoms with Gasteiger partial charge in [0.2, 0.25) is 0 Å². The third-order valence-corrected chi connectivity index (χ3v) is 27.6. The van der Waals surface area contributed by atoms with Crippen LogP contribution in [0.2, 0.25) is 0 Å². The third-order valence-electron chi connectivity index (χ3n) is 23.6. The molecule has 6 heterocycles. The minimum Gasteiger partial charge on any atom is -0.252 e. The maximum Gasteiger partial charge on any atom is 0.0971 e. The van der Waals surface area contributed by atoms with Gasteiger partial charge in [0, 0.05) is 130 Å². The summed E-state index contributed by atoms with van der Waals surface area (Å²) in [6, 6.07) is 107. The highest BCUT2D eigenvalue weighted by molar-refractivity contribution is 7.27. The molecule has 0 spiro atoms. The van der Waals surface area contributed by atoms with Crippen molar-refractivity contribution in [2.45, 2.75) is 41.5 Å². The SMILES string of the molecule is Cc1cc(C)c2sc3c(-c4cccc(-c5ccc6c(c5)c5ccccc5c5nccnc65)c4)cc(C)cc3c2c1.Cc1ccc2sc3c(-c4cccc(-c5ccc6c(c5)c5ccccc5c5nccnc65)c4)cc(C)cc3c2c1.Cc1cccc2c1sc1c(-c3cccc(-c4ccc5c(c4)c4ccccc4c4nccnc54)c3)cccc12. The number of thiophene rings is 3. The molecule has 6 aromatic heterocycles. The van der Waals surface area contributed by atoms with Crippen molar-refractivity contribution in [2.24, 2.45) is 0 Å². The van der Waals surface area contributed by atoms with Crippen molar-refractivity contribution in [2.75, 3.05) is 0 Å². The lowest BCUT2D eigenvalue weighted by atomic mass is 9.93. The van der Waals surface area contributed by atoms with Crippen LogP contribution in [0.15, 0.2) is 328 Å². The molecule has 0 aliphatic heterocycles. The van der Waals surface area contributed by atoms with E-state index in [9.17, 15) is 0 Å². The van der Waals surface area contributed by atoms with Crippen molar-refractivity contribution in [3.8, 4) is 66.8 Å². The van der Waals surface area contributed by atoms with Crippen molar-refractivity contribution >= 4 is 192 Å². The molecule has 0 bridgehead atoms. The Labute approximate surface area is 687 Å². The van der Waals surface area contributed by atoms with E-state index in [1.165, 1.54) is 193 Å². The zero-order chi connectivity index (χ0) is 78.3. The predicted molar refractivity (Wildman–Crippen MR) is 503 cm³/mol. The van der Waals surface area contributed by atoms with E-state index in [0.29, 0.717) is 0 Å². The van der Waals surface area contributed by atoms with E-state index in [4.69, 9.17) is 15.0 Å². The lowest BCUT2D eigenvalue weighted by Gasteiger charge is -2.12. The maximum atomic E-state index is 4.72. The first-order valence-electron chi connectivity index (χ1n) is 39.7. The van der Waals surface area contributed by atoms with Gasteiger partial charge < -0.3 is 0 Å². The number of nitrogens with zero attached hydrogens (tertiary/aromatic N) is 6. The smallest absolute Gasteiger partial charge is 0.0971 e. The number of hydrogen-bond acceptors (Lipinski definition) is 9. The van der Waals surface area contributed by atoms with E-state index < -0.39 is 0 Å². The van der Waals surface area contributed by atoms with Crippen molar-refractivity contribution in [3.63, 3.8) is 0 Å². The Kier molecular flexibility index (Phi) is 16.7. The van der Waals surface area contributed by atoms with E-state index in [2.05, 4.69) is 348 Å². The minimum atomic E-state index is 0.952. The molecule has 552 valence electrons. The fraction of sp³-hybridized carbons (Fsp3) is 0.0556. The van der Waals surface area contributed by atoms with Gasteiger partial charge in [-0.15, -0.1) is 34.0 Å². The number of benzene rings is 18. The number of aryl methyl sites for hydroxylation is 6. The van der Waals surface area contributed by atoms with Crippen LogP contribution in [0.25, 0.3) is 225 Å². The van der Waals surface area contributed by atoms with Crippen LogP contribution in [0.5, 0.6) is 0 Å². The third kappa shape index (κ3) is 11.9. The van der Waals surface area contributed by atoms with Gasteiger partial charge in [0.05, 0.1) is 33.1 Å². The second kappa shape index (κ2) is 28.0. The first-order valence-corrected chi connectivity index (χ1v) is 42.2. The van der Waals surface area contributed by atoms with Gasteiger partial charge in [-0.25, -0.2) is 0 Å². The fourth-order valence-electron chi connectivity index (χ4n) is 18.3. The molecule has 0 saturated carbocycles. The second-order valence-corrected chi connectivity index (χ2v) is 34.3. The normalized spacial score (nSPS) is 11.8. The highest BCUT2D eigenvalue weighted by Gasteiger charge is 2.21. The van der Waals surface area contributed by atoms with E-state index in [1.54, 1.807) is 37.2 Å². The molecule has 0 saturated heterocycles. The Balaban J connectivity index is 0.000000106. The standard InChI is InChI=1S/C37H26N2S.C36H24N2S.C35H22N2S/c1-21-15-23(3)36-32(17-21)33-18-22(2)16-30(37(33)40-36)26-8-6-7-24(19-26)25-11-12-29-31(20-25)27-9-4-5-10-28(27)34-35(29)39-14-13-38-34;1-21-10-13-33-31(16-21)32-18-22(2)17-29(36(32)39-33)25-7-5-6-23(19-25)24-11-12-28-30(20-24)26-8-3-4-9-27(26)34-35(28)38-15-14-37-34;1-21-7-4-13-29-30-14-6-12-25(35(30)38-34(21)29)24-9-5-8-22(19-24)23-15-16-28-31(20-23)26-10-2-3-11-27(26)32-33(28)37-18-17-36-32/h4-20H,1-3H3;3-20H,1-2H3;2-20H,1H3. The average Bonchev–Trinajstić information content (AvgIpc) is 1.70.